The third-order valence-electron chi connectivity index (χ3n) is 5.29. The lowest BCUT2D eigenvalue weighted by Crippen LogP contribution is -2.44. The van der Waals surface area contributed by atoms with Crippen molar-refractivity contribution in [2.24, 2.45) is 5.92 Å². The number of amides is 2. The lowest BCUT2D eigenvalue weighted by Gasteiger charge is -2.33. The van der Waals surface area contributed by atoms with E-state index in [9.17, 15) is 9.59 Å². The Labute approximate surface area is 149 Å². The first-order chi connectivity index (χ1) is 12.1. The van der Waals surface area contributed by atoms with Gasteiger partial charge in [0.05, 0.1) is 12.0 Å². The lowest BCUT2D eigenvalue weighted by atomic mass is 10.0. The molecular weight excluding hydrogens is 316 g/mol. The number of ether oxygens (including phenoxy) is 1. The highest BCUT2D eigenvalue weighted by Gasteiger charge is 2.38. The molecule has 0 spiro atoms. The molecule has 1 atom stereocenters. The van der Waals surface area contributed by atoms with Crippen LogP contribution in [0.25, 0.3) is 0 Å². The van der Waals surface area contributed by atoms with Gasteiger partial charge in [-0.05, 0) is 43.9 Å². The van der Waals surface area contributed by atoms with Gasteiger partial charge in [0, 0.05) is 38.3 Å². The van der Waals surface area contributed by atoms with E-state index in [1.807, 2.05) is 24.0 Å². The van der Waals surface area contributed by atoms with Crippen LogP contribution in [0.2, 0.25) is 0 Å². The van der Waals surface area contributed by atoms with Crippen LogP contribution in [-0.4, -0.2) is 49.1 Å². The van der Waals surface area contributed by atoms with Crippen molar-refractivity contribution in [3.05, 3.63) is 29.8 Å². The zero-order valence-corrected chi connectivity index (χ0v) is 15.2. The molecule has 0 radical (unpaired) electrons. The van der Waals surface area contributed by atoms with Crippen molar-refractivity contribution >= 4 is 17.5 Å². The first-order valence-electron chi connectivity index (χ1n) is 9.42. The van der Waals surface area contributed by atoms with Crippen LogP contribution in [0, 0.1) is 5.92 Å². The maximum absolute atomic E-state index is 12.8. The van der Waals surface area contributed by atoms with Gasteiger partial charge in [-0.15, -0.1) is 0 Å². The van der Waals surface area contributed by atoms with Gasteiger partial charge in [0.15, 0.2) is 0 Å². The standard InChI is InChI=1S/C20H28N2O3/c1-3-15-5-7-17(8-6-15)22-14-16(13-19(22)23)20(24)21-11-9-18(10-12-21)25-4-2/h5-8,16,18H,3-4,9-14H2,1-2H3. The molecule has 2 amide bonds. The van der Waals surface area contributed by atoms with E-state index < -0.39 is 0 Å². The third-order valence-corrected chi connectivity index (χ3v) is 5.29. The largest absolute Gasteiger partial charge is 0.378 e. The Bertz CT molecular complexity index is 606. The molecular formula is C20H28N2O3. The predicted octanol–water partition coefficient (Wildman–Crippen LogP) is 2.63. The fourth-order valence-corrected chi connectivity index (χ4v) is 3.77. The summed E-state index contributed by atoms with van der Waals surface area (Å²) < 4.78 is 5.65. The normalized spacial score (nSPS) is 21.8. The van der Waals surface area contributed by atoms with Crippen LogP contribution in [0.1, 0.15) is 38.7 Å². The van der Waals surface area contributed by atoms with Gasteiger partial charge in [0.2, 0.25) is 11.8 Å². The van der Waals surface area contributed by atoms with Crippen molar-refractivity contribution in [3.8, 4) is 0 Å². The topological polar surface area (TPSA) is 49.9 Å². The van der Waals surface area contributed by atoms with Gasteiger partial charge in [0.1, 0.15) is 0 Å². The summed E-state index contributed by atoms with van der Waals surface area (Å²) in [6.07, 6.45) is 3.35. The Morgan fingerprint density at radius 1 is 1.16 bits per heavy atom. The molecule has 1 aromatic rings. The molecule has 136 valence electrons. The van der Waals surface area contributed by atoms with Crippen LogP contribution in [0.5, 0.6) is 0 Å². The minimum atomic E-state index is -0.220. The third kappa shape index (κ3) is 4.03. The molecule has 3 rings (SSSR count). The molecule has 5 nitrogen and oxygen atoms in total. The quantitative estimate of drug-likeness (QED) is 0.825. The number of hydrogen-bond acceptors (Lipinski definition) is 3. The van der Waals surface area contributed by atoms with Gasteiger partial charge in [-0.25, -0.2) is 0 Å². The smallest absolute Gasteiger partial charge is 0.228 e. The minimum Gasteiger partial charge on any atom is -0.378 e. The Hall–Kier alpha value is -1.88. The van der Waals surface area contributed by atoms with E-state index in [-0.39, 0.29) is 23.8 Å². The van der Waals surface area contributed by atoms with E-state index in [0.717, 1.165) is 44.6 Å². The van der Waals surface area contributed by atoms with Crippen molar-refractivity contribution < 1.29 is 14.3 Å². The summed E-state index contributed by atoms with van der Waals surface area (Å²) in [4.78, 5) is 28.9. The number of rotatable bonds is 5. The molecule has 0 N–H and O–H groups in total. The summed E-state index contributed by atoms with van der Waals surface area (Å²) in [5.74, 6) is -0.0511. The Morgan fingerprint density at radius 2 is 1.84 bits per heavy atom. The molecule has 2 aliphatic rings. The molecule has 0 aliphatic carbocycles. The molecule has 1 unspecified atom stereocenters. The number of nitrogens with zero attached hydrogens (tertiary/aromatic N) is 2. The molecule has 25 heavy (non-hydrogen) atoms. The number of benzene rings is 1. The van der Waals surface area contributed by atoms with Gasteiger partial charge in [-0.1, -0.05) is 19.1 Å². The van der Waals surface area contributed by atoms with Crippen molar-refractivity contribution in [1.29, 1.82) is 0 Å². The van der Waals surface area contributed by atoms with Crippen LogP contribution in [0.3, 0.4) is 0 Å². The fourth-order valence-electron chi connectivity index (χ4n) is 3.77. The van der Waals surface area contributed by atoms with E-state index >= 15 is 0 Å². The minimum absolute atomic E-state index is 0.0480. The average Bonchev–Trinajstić information content (AvgIpc) is 3.04. The number of aryl methyl sites for hydroxylation is 1. The molecule has 1 aromatic carbocycles. The van der Waals surface area contributed by atoms with Crippen LogP contribution in [-0.2, 0) is 20.7 Å². The van der Waals surface area contributed by atoms with Gasteiger partial charge < -0.3 is 14.5 Å². The van der Waals surface area contributed by atoms with E-state index in [2.05, 4.69) is 19.1 Å². The summed E-state index contributed by atoms with van der Waals surface area (Å²) in [7, 11) is 0. The molecule has 0 aromatic heterocycles. The maximum atomic E-state index is 12.8. The van der Waals surface area contributed by atoms with E-state index in [4.69, 9.17) is 4.74 Å². The van der Waals surface area contributed by atoms with Crippen LogP contribution in [0.15, 0.2) is 24.3 Å². The summed E-state index contributed by atoms with van der Waals surface area (Å²) in [6.45, 7) is 6.80. The van der Waals surface area contributed by atoms with Gasteiger partial charge >= 0.3 is 0 Å². The number of anilines is 1. The highest BCUT2D eigenvalue weighted by atomic mass is 16.5. The molecule has 2 fully saturated rings. The number of hydrogen-bond donors (Lipinski definition) is 0. The summed E-state index contributed by atoms with van der Waals surface area (Å²) in [5, 5.41) is 0. The zero-order valence-electron chi connectivity index (χ0n) is 15.2. The lowest BCUT2D eigenvalue weighted by molar-refractivity contribution is -0.138. The summed E-state index contributed by atoms with van der Waals surface area (Å²) in [6, 6.07) is 8.07. The van der Waals surface area contributed by atoms with Crippen LogP contribution in [0.4, 0.5) is 5.69 Å². The van der Waals surface area contributed by atoms with Crippen molar-refractivity contribution in [1.82, 2.24) is 4.90 Å². The Morgan fingerprint density at radius 3 is 2.44 bits per heavy atom. The Kier molecular flexibility index (Phi) is 5.74. The van der Waals surface area contributed by atoms with E-state index in [1.165, 1.54) is 5.56 Å². The van der Waals surface area contributed by atoms with E-state index in [1.54, 1.807) is 4.90 Å². The average molecular weight is 344 g/mol. The zero-order chi connectivity index (χ0) is 17.8. The van der Waals surface area contributed by atoms with Gasteiger partial charge in [0.25, 0.3) is 0 Å². The molecule has 2 heterocycles. The summed E-state index contributed by atoms with van der Waals surface area (Å²) in [5.41, 5.74) is 2.15. The second kappa shape index (κ2) is 8.00. The van der Waals surface area contributed by atoms with Crippen molar-refractivity contribution in [2.75, 3.05) is 31.1 Å². The molecule has 0 saturated carbocycles. The highest BCUT2D eigenvalue weighted by molar-refractivity contribution is 6.00. The van der Waals surface area contributed by atoms with Crippen LogP contribution >= 0.6 is 0 Å². The second-order valence-electron chi connectivity index (χ2n) is 6.91. The second-order valence-corrected chi connectivity index (χ2v) is 6.91. The monoisotopic (exact) mass is 344 g/mol. The van der Waals surface area contributed by atoms with Crippen molar-refractivity contribution in [3.63, 3.8) is 0 Å². The molecule has 2 aliphatic heterocycles. The fraction of sp³-hybridized carbons (Fsp3) is 0.600. The SMILES string of the molecule is CCOC1CCN(C(=O)C2CC(=O)N(c3ccc(CC)cc3)C2)CC1. The number of piperidine rings is 1. The van der Waals surface area contributed by atoms with Crippen LogP contribution < -0.4 is 4.90 Å². The number of likely N-dealkylation sites (tertiary alicyclic amines) is 1. The molecule has 2 saturated heterocycles. The Balaban J connectivity index is 1.59. The molecule has 0 bridgehead atoms. The summed E-state index contributed by atoms with van der Waals surface area (Å²) >= 11 is 0. The number of carbonyl (C=O) groups is 2. The molecule has 5 heteroatoms. The van der Waals surface area contributed by atoms with Gasteiger partial charge in [-0.2, -0.15) is 0 Å². The number of carbonyl (C=O) groups excluding carboxylic acids is 2. The first-order valence-corrected chi connectivity index (χ1v) is 9.42. The maximum Gasteiger partial charge on any atom is 0.228 e. The van der Waals surface area contributed by atoms with Gasteiger partial charge in [-0.3, -0.25) is 9.59 Å². The van der Waals surface area contributed by atoms with E-state index in [0.29, 0.717) is 13.0 Å². The first kappa shape index (κ1) is 17.9. The highest BCUT2D eigenvalue weighted by Crippen LogP contribution is 2.27. The predicted molar refractivity (Wildman–Crippen MR) is 97.5 cm³/mol. The van der Waals surface area contributed by atoms with Crippen molar-refractivity contribution in [2.45, 2.75) is 45.6 Å².